The summed E-state index contributed by atoms with van der Waals surface area (Å²) >= 11 is 4.81. The fraction of sp³-hybridized carbons (Fsp3) is 0.136. The third-order valence-electron chi connectivity index (χ3n) is 4.46. The first-order valence-electron chi connectivity index (χ1n) is 9.29. The highest BCUT2D eigenvalue weighted by molar-refractivity contribution is 7.89. The first-order chi connectivity index (χ1) is 15.4. The van der Waals surface area contributed by atoms with Gasteiger partial charge in [0.15, 0.2) is 16.4 Å². The number of carbonyl (C=O) groups excluding carboxylic acids is 1. The molecule has 0 saturated heterocycles. The van der Waals surface area contributed by atoms with E-state index < -0.39 is 17.3 Å². The van der Waals surface area contributed by atoms with Crippen LogP contribution in [0.3, 0.4) is 0 Å². The molecular weight excluding hydrogens is 452 g/mol. The van der Waals surface area contributed by atoms with Crippen LogP contribution in [0.4, 0.5) is 5.69 Å². The van der Waals surface area contributed by atoms with Crippen molar-refractivity contribution < 1.29 is 18.8 Å². The molecule has 8 nitrogen and oxygen atoms in total. The molecule has 1 amide bonds. The lowest BCUT2D eigenvalue weighted by Gasteiger charge is -2.15. The molecule has 1 atom stereocenters. The molecule has 1 aromatic heterocycles. The van der Waals surface area contributed by atoms with E-state index in [1.165, 1.54) is 19.4 Å². The van der Waals surface area contributed by atoms with E-state index in [1.54, 1.807) is 50.4 Å². The van der Waals surface area contributed by atoms with E-state index in [4.69, 9.17) is 26.3 Å². The van der Waals surface area contributed by atoms with Gasteiger partial charge in [-0.25, -0.2) is 4.98 Å². The van der Waals surface area contributed by atoms with Gasteiger partial charge in [-0.1, -0.05) is 17.7 Å². The maximum atomic E-state index is 13.1. The highest BCUT2D eigenvalue weighted by atomic mass is 35.5. The Morgan fingerprint density at radius 1 is 1.25 bits per heavy atom. The summed E-state index contributed by atoms with van der Waals surface area (Å²) < 4.78 is 25.8. The van der Waals surface area contributed by atoms with Gasteiger partial charge in [0.05, 0.1) is 35.1 Å². The van der Waals surface area contributed by atoms with Crippen LogP contribution in [0.25, 0.3) is 0 Å². The van der Waals surface area contributed by atoms with E-state index in [-0.39, 0.29) is 17.2 Å². The van der Waals surface area contributed by atoms with Crippen LogP contribution in [-0.4, -0.2) is 29.6 Å². The SMILES string of the molecule is CN[S+]([O-])c1cccc(NC(=O)c2c(Oc3ccc(C#N)cc3OC)ncc(Cl)c2C)c1. The van der Waals surface area contributed by atoms with Gasteiger partial charge in [-0.05, 0) is 36.8 Å². The van der Waals surface area contributed by atoms with E-state index in [2.05, 4.69) is 15.0 Å². The zero-order valence-corrected chi connectivity index (χ0v) is 19.0. The second-order valence-electron chi connectivity index (χ2n) is 6.45. The van der Waals surface area contributed by atoms with Crippen molar-refractivity contribution in [1.82, 2.24) is 9.71 Å². The second kappa shape index (κ2) is 10.3. The Bertz CT molecular complexity index is 1200. The number of nitrogens with one attached hydrogen (secondary N) is 2. The van der Waals surface area contributed by atoms with Gasteiger partial charge in [0, 0.05) is 31.1 Å². The van der Waals surface area contributed by atoms with E-state index in [9.17, 15) is 9.35 Å². The Hall–Kier alpha value is -3.29. The van der Waals surface area contributed by atoms with E-state index >= 15 is 0 Å². The van der Waals surface area contributed by atoms with Crippen LogP contribution in [0.2, 0.25) is 5.02 Å². The van der Waals surface area contributed by atoms with Gasteiger partial charge in [-0.3, -0.25) is 4.79 Å². The lowest BCUT2D eigenvalue weighted by atomic mass is 10.1. The zero-order chi connectivity index (χ0) is 23.3. The molecule has 1 unspecified atom stereocenters. The standard InChI is InChI=1S/C22H19ClN4O4S/c1-13-17(23)12-26-22(31-18-8-7-14(11-24)9-19(18)30-3)20(13)21(28)27-15-5-4-6-16(10-15)32(29)25-2/h4-10,12,25H,1-3H3,(H,27,28). The highest BCUT2D eigenvalue weighted by Crippen LogP contribution is 2.35. The monoisotopic (exact) mass is 470 g/mol. The molecule has 2 N–H and O–H groups in total. The third kappa shape index (κ3) is 5.12. The van der Waals surface area contributed by atoms with Crippen LogP contribution in [0.5, 0.6) is 17.4 Å². The molecule has 164 valence electrons. The normalized spacial score (nSPS) is 11.4. The summed E-state index contributed by atoms with van der Waals surface area (Å²) in [6, 6.07) is 13.3. The predicted octanol–water partition coefficient (Wildman–Crippen LogP) is 4.21. The number of ether oxygens (including phenoxy) is 2. The number of hydrogen-bond donors (Lipinski definition) is 2. The summed E-state index contributed by atoms with van der Waals surface area (Å²) in [5, 5.41) is 12.1. The van der Waals surface area contributed by atoms with Gasteiger partial charge in [-0.15, -0.1) is 4.72 Å². The maximum absolute atomic E-state index is 13.1. The molecule has 2 aromatic carbocycles. The van der Waals surface area contributed by atoms with Crippen molar-refractivity contribution in [1.29, 1.82) is 5.26 Å². The van der Waals surface area contributed by atoms with Crippen molar-refractivity contribution in [3.8, 4) is 23.4 Å². The van der Waals surface area contributed by atoms with Crippen LogP contribution in [0.15, 0.2) is 53.6 Å². The molecule has 10 heteroatoms. The zero-order valence-electron chi connectivity index (χ0n) is 17.4. The molecule has 1 heterocycles. The molecule has 0 aliphatic carbocycles. The van der Waals surface area contributed by atoms with E-state index in [0.717, 1.165) is 0 Å². The van der Waals surface area contributed by atoms with Gasteiger partial charge < -0.3 is 19.3 Å². The van der Waals surface area contributed by atoms with Crippen LogP contribution in [0, 0.1) is 18.3 Å². The summed E-state index contributed by atoms with van der Waals surface area (Å²) in [6.45, 7) is 1.67. The summed E-state index contributed by atoms with van der Waals surface area (Å²) in [7, 11) is 3.02. The van der Waals surface area contributed by atoms with E-state index in [1.807, 2.05) is 6.07 Å². The first kappa shape index (κ1) is 23.4. The van der Waals surface area contributed by atoms with Crippen molar-refractivity contribution in [2.75, 3.05) is 19.5 Å². The fourth-order valence-corrected chi connectivity index (χ4v) is 3.64. The minimum absolute atomic E-state index is 0.0161. The van der Waals surface area contributed by atoms with Gasteiger partial charge in [0.1, 0.15) is 5.56 Å². The van der Waals surface area contributed by atoms with Crippen molar-refractivity contribution >= 4 is 34.6 Å². The molecule has 3 rings (SSSR count). The summed E-state index contributed by atoms with van der Waals surface area (Å²) in [5.74, 6) is 0.100. The predicted molar refractivity (Wildman–Crippen MR) is 122 cm³/mol. The van der Waals surface area contributed by atoms with Gasteiger partial charge in [0.2, 0.25) is 5.88 Å². The molecule has 0 saturated carbocycles. The number of carbonyl (C=O) groups is 1. The maximum Gasteiger partial charge on any atom is 0.261 e. The molecule has 0 bridgehead atoms. The number of rotatable bonds is 7. The van der Waals surface area contributed by atoms with Crippen molar-refractivity contribution in [3.05, 3.63) is 70.4 Å². The molecule has 0 spiro atoms. The lowest BCUT2D eigenvalue weighted by Crippen LogP contribution is -2.19. The molecular formula is C22H19ClN4O4S. The average molecular weight is 471 g/mol. The Kier molecular flexibility index (Phi) is 7.56. The Balaban J connectivity index is 1.96. The molecule has 0 fully saturated rings. The summed E-state index contributed by atoms with van der Waals surface area (Å²) in [5.41, 5.74) is 1.43. The Labute approximate surface area is 193 Å². The molecule has 0 aliphatic rings. The number of nitrogens with zero attached hydrogens (tertiary/aromatic N) is 2. The Morgan fingerprint density at radius 3 is 2.72 bits per heavy atom. The first-order valence-corrected chi connectivity index (χ1v) is 10.8. The topological polar surface area (TPSA) is 119 Å². The minimum Gasteiger partial charge on any atom is -0.593 e. The molecule has 32 heavy (non-hydrogen) atoms. The largest absolute Gasteiger partial charge is 0.593 e. The number of methoxy groups -OCH3 is 1. The summed E-state index contributed by atoms with van der Waals surface area (Å²) in [6.07, 6.45) is 1.38. The number of benzene rings is 2. The quantitative estimate of drug-likeness (QED) is 0.496. The number of aromatic nitrogens is 1. The van der Waals surface area contributed by atoms with Gasteiger partial charge in [-0.2, -0.15) is 5.26 Å². The van der Waals surface area contributed by atoms with Gasteiger partial charge >= 0.3 is 0 Å². The number of hydrogen-bond acceptors (Lipinski definition) is 7. The molecule has 0 radical (unpaired) electrons. The fourth-order valence-electron chi connectivity index (χ4n) is 2.83. The molecule has 3 aromatic rings. The average Bonchev–Trinajstić information content (AvgIpc) is 2.81. The number of halogens is 1. The summed E-state index contributed by atoms with van der Waals surface area (Å²) in [4.78, 5) is 17.8. The number of pyridine rings is 1. The van der Waals surface area contributed by atoms with Crippen molar-refractivity contribution in [3.63, 3.8) is 0 Å². The number of anilines is 1. The third-order valence-corrected chi connectivity index (χ3v) is 5.89. The van der Waals surface area contributed by atoms with Crippen LogP contribution >= 0.6 is 11.6 Å². The van der Waals surface area contributed by atoms with Crippen LogP contribution in [0.1, 0.15) is 21.5 Å². The number of amides is 1. The van der Waals surface area contributed by atoms with Crippen LogP contribution < -0.4 is 19.5 Å². The van der Waals surface area contributed by atoms with Gasteiger partial charge in [0.25, 0.3) is 5.91 Å². The lowest BCUT2D eigenvalue weighted by molar-refractivity contribution is 0.102. The Morgan fingerprint density at radius 2 is 2.03 bits per heavy atom. The smallest absolute Gasteiger partial charge is 0.261 e. The van der Waals surface area contributed by atoms with Crippen molar-refractivity contribution in [2.45, 2.75) is 11.8 Å². The minimum atomic E-state index is -1.40. The highest BCUT2D eigenvalue weighted by Gasteiger charge is 2.22. The van der Waals surface area contributed by atoms with Crippen LogP contribution in [-0.2, 0) is 11.4 Å². The molecule has 0 aliphatic heterocycles. The van der Waals surface area contributed by atoms with Crippen molar-refractivity contribution in [2.24, 2.45) is 0 Å². The second-order valence-corrected chi connectivity index (χ2v) is 8.27. The number of nitriles is 1. The van der Waals surface area contributed by atoms with E-state index in [0.29, 0.717) is 32.5 Å².